The Morgan fingerprint density at radius 2 is 1.94 bits per heavy atom. The van der Waals surface area contributed by atoms with Crippen LogP contribution in [-0.2, 0) is 0 Å². The third kappa shape index (κ3) is 2.86. The molecule has 1 aliphatic carbocycles. The molecule has 2 heteroatoms. The largest absolute Gasteiger partial charge is 0.310 e. The van der Waals surface area contributed by atoms with Crippen LogP contribution in [0.4, 0.5) is 4.39 Å². The number of nitrogens with one attached hydrogen (secondary N) is 1. The van der Waals surface area contributed by atoms with Gasteiger partial charge >= 0.3 is 0 Å². The molecule has 0 spiro atoms. The van der Waals surface area contributed by atoms with Crippen molar-refractivity contribution in [2.24, 2.45) is 5.41 Å². The van der Waals surface area contributed by atoms with Crippen LogP contribution in [0.15, 0.2) is 24.3 Å². The van der Waals surface area contributed by atoms with Crippen LogP contribution < -0.4 is 5.32 Å². The molecule has 0 bridgehead atoms. The Bertz CT molecular complexity index is 348. The van der Waals surface area contributed by atoms with Crippen LogP contribution in [0.25, 0.3) is 0 Å². The molecule has 17 heavy (non-hydrogen) atoms. The SMILES string of the molecule is CCC1(CNC(C)c2ccc(F)cc2)CCC1. The lowest BCUT2D eigenvalue weighted by molar-refractivity contribution is 0.120. The van der Waals surface area contributed by atoms with Gasteiger partial charge in [-0.25, -0.2) is 4.39 Å². The molecule has 1 fully saturated rings. The summed E-state index contributed by atoms with van der Waals surface area (Å²) in [5.41, 5.74) is 1.70. The molecule has 1 nitrogen and oxygen atoms in total. The fourth-order valence-corrected chi connectivity index (χ4v) is 2.57. The highest BCUT2D eigenvalue weighted by atomic mass is 19.1. The summed E-state index contributed by atoms with van der Waals surface area (Å²) in [6, 6.07) is 7.11. The molecule has 0 radical (unpaired) electrons. The zero-order valence-corrected chi connectivity index (χ0v) is 10.8. The van der Waals surface area contributed by atoms with Crippen LogP contribution in [0.5, 0.6) is 0 Å². The van der Waals surface area contributed by atoms with Gasteiger partial charge in [0.25, 0.3) is 0 Å². The van der Waals surface area contributed by atoms with Crippen molar-refractivity contribution in [2.45, 2.75) is 45.6 Å². The molecule has 0 aromatic heterocycles. The summed E-state index contributed by atoms with van der Waals surface area (Å²) in [6.45, 7) is 5.51. The molecule has 0 saturated heterocycles. The standard InChI is InChI=1S/C15H22FN/c1-3-15(9-4-10-15)11-17-12(2)13-5-7-14(16)8-6-13/h5-8,12,17H,3-4,9-11H2,1-2H3. The van der Waals surface area contributed by atoms with E-state index in [4.69, 9.17) is 0 Å². The van der Waals surface area contributed by atoms with Gasteiger partial charge in [-0.2, -0.15) is 0 Å². The number of hydrogen-bond acceptors (Lipinski definition) is 1. The Kier molecular flexibility index (Phi) is 3.82. The second-order valence-electron chi connectivity index (χ2n) is 5.36. The average molecular weight is 235 g/mol. The topological polar surface area (TPSA) is 12.0 Å². The number of hydrogen-bond donors (Lipinski definition) is 1. The van der Waals surface area contributed by atoms with E-state index in [0.717, 1.165) is 12.1 Å². The van der Waals surface area contributed by atoms with Gasteiger partial charge in [0.2, 0.25) is 0 Å². The van der Waals surface area contributed by atoms with Gasteiger partial charge in [-0.15, -0.1) is 0 Å². The molecule has 1 atom stereocenters. The Morgan fingerprint density at radius 1 is 1.29 bits per heavy atom. The summed E-state index contributed by atoms with van der Waals surface area (Å²) < 4.78 is 12.8. The lowest BCUT2D eigenvalue weighted by Gasteiger charge is -2.42. The first-order chi connectivity index (χ1) is 8.15. The molecule has 1 aromatic carbocycles. The number of halogens is 1. The van der Waals surface area contributed by atoms with Crippen molar-refractivity contribution in [1.82, 2.24) is 5.32 Å². The van der Waals surface area contributed by atoms with Gasteiger partial charge in [-0.3, -0.25) is 0 Å². The van der Waals surface area contributed by atoms with E-state index < -0.39 is 0 Å². The highest BCUT2D eigenvalue weighted by Crippen LogP contribution is 2.43. The first kappa shape index (κ1) is 12.6. The minimum Gasteiger partial charge on any atom is -0.310 e. The first-order valence-corrected chi connectivity index (χ1v) is 6.64. The highest BCUT2D eigenvalue weighted by Gasteiger charge is 2.34. The molecule has 94 valence electrons. The number of benzene rings is 1. The third-order valence-corrected chi connectivity index (χ3v) is 4.32. The fourth-order valence-electron chi connectivity index (χ4n) is 2.57. The summed E-state index contributed by atoms with van der Waals surface area (Å²) in [7, 11) is 0. The van der Waals surface area contributed by atoms with Crippen LogP contribution in [-0.4, -0.2) is 6.54 Å². The lowest BCUT2D eigenvalue weighted by Crippen LogP contribution is -2.40. The maximum atomic E-state index is 12.8. The van der Waals surface area contributed by atoms with Gasteiger partial charge in [0.05, 0.1) is 0 Å². The van der Waals surface area contributed by atoms with Gasteiger partial charge in [-0.05, 0) is 49.3 Å². The van der Waals surface area contributed by atoms with Crippen molar-refractivity contribution in [3.63, 3.8) is 0 Å². The molecule has 0 aliphatic heterocycles. The van der Waals surface area contributed by atoms with Gasteiger partial charge in [0.1, 0.15) is 5.82 Å². The zero-order valence-electron chi connectivity index (χ0n) is 10.8. The van der Waals surface area contributed by atoms with E-state index in [-0.39, 0.29) is 5.82 Å². The molecule has 1 N–H and O–H groups in total. The van der Waals surface area contributed by atoms with E-state index in [1.54, 1.807) is 0 Å². The fraction of sp³-hybridized carbons (Fsp3) is 0.600. The maximum Gasteiger partial charge on any atom is 0.123 e. The van der Waals surface area contributed by atoms with Gasteiger partial charge in [-0.1, -0.05) is 25.5 Å². The second-order valence-corrected chi connectivity index (χ2v) is 5.36. The quantitative estimate of drug-likeness (QED) is 0.811. The Hall–Kier alpha value is -0.890. The van der Waals surface area contributed by atoms with Gasteiger partial charge in [0.15, 0.2) is 0 Å². The Morgan fingerprint density at radius 3 is 2.41 bits per heavy atom. The number of rotatable bonds is 5. The minimum atomic E-state index is -0.162. The van der Waals surface area contributed by atoms with E-state index in [2.05, 4.69) is 19.2 Å². The van der Waals surface area contributed by atoms with E-state index in [1.807, 2.05) is 12.1 Å². The van der Waals surface area contributed by atoms with Crippen molar-refractivity contribution in [3.05, 3.63) is 35.6 Å². The average Bonchev–Trinajstić information content (AvgIpc) is 2.29. The molecule has 1 aliphatic rings. The Balaban J connectivity index is 1.88. The van der Waals surface area contributed by atoms with E-state index in [1.165, 1.54) is 37.8 Å². The van der Waals surface area contributed by atoms with E-state index in [0.29, 0.717) is 11.5 Å². The molecular weight excluding hydrogens is 213 g/mol. The van der Waals surface area contributed by atoms with E-state index >= 15 is 0 Å². The third-order valence-electron chi connectivity index (χ3n) is 4.32. The van der Waals surface area contributed by atoms with Crippen molar-refractivity contribution < 1.29 is 4.39 Å². The van der Waals surface area contributed by atoms with Crippen LogP contribution in [0.1, 0.15) is 51.1 Å². The van der Waals surface area contributed by atoms with Crippen molar-refractivity contribution in [3.8, 4) is 0 Å². The molecule has 2 rings (SSSR count). The van der Waals surface area contributed by atoms with Crippen LogP contribution in [0.3, 0.4) is 0 Å². The van der Waals surface area contributed by atoms with E-state index in [9.17, 15) is 4.39 Å². The molecule has 0 heterocycles. The lowest BCUT2D eigenvalue weighted by atomic mass is 9.67. The van der Waals surface area contributed by atoms with Gasteiger partial charge < -0.3 is 5.32 Å². The second kappa shape index (κ2) is 5.18. The predicted molar refractivity (Wildman–Crippen MR) is 69.4 cm³/mol. The van der Waals surface area contributed by atoms with Crippen molar-refractivity contribution in [1.29, 1.82) is 0 Å². The predicted octanol–water partition coefficient (Wildman–Crippen LogP) is 4.06. The van der Waals surface area contributed by atoms with Crippen molar-refractivity contribution in [2.75, 3.05) is 6.54 Å². The normalized spacial score (nSPS) is 19.7. The maximum absolute atomic E-state index is 12.8. The first-order valence-electron chi connectivity index (χ1n) is 6.64. The smallest absolute Gasteiger partial charge is 0.123 e. The van der Waals surface area contributed by atoms with Crippen LogP contribution in [0.2, 0.25) is 0 Å². The van der Waals surface area contributed by atoms with Crippen LogP contribution in [0, 0.1) is 11.2 Å². The van der Waals surface area contributed by atoms with Crippen molar-refractivity contribution >= 4 is 0 Å². The monoisotopic (exact) mass is 235 g/mol. The summed E-state index contributed by atoms with van der Waals surface area (Å²) in [5, 5.41) is 3.59. The summed E-state index contributed by atoms with van der Waals surface area (Å²) in [5.74, 6) is -0.162. The minimum absolute atomic E-state index is 0.162. The van der Waals surface area contributed by atoms with Gasteiger partial charge in [0, 0.05) is 12.6 Å². The van der Waals surface area contributed by atoms with Crippen LogP contribution >= 0.6 is 0 Å². The Labute approximate surface area is 103 Å². The zero-order chi connectivity index (χ0) is 12.3. The molecule has 0 amide bonds. The highest BCUT2D eigenvalue weighted by molar-refractivity contribution is 5.19. The summed E-state index contributed by atoms with van der Waals surface area (Å²) in [4.78, 5) is 0. The molecule has 1 saturated carbocycles. The molecular formula is C15H22FN. The summed E-state index contributed by atoms with van der Waals surface area (Å²) in [6.07, 6.45) is 5.34. The molecule has 1 unspecified atom stereocenters. The molecule has 1 aromatic rings. The summed E-state index contributed by atoms with van der Waals surface area (Å²) >= 11 is 0.